The first-order chi connectivity index (χ1) is 18.3. The number of aromatic nitrogens is 1. The zero-order chi connectivity index (χ0) is 27.1. The molecule has 0 spiro atoms. The maximum Gasteiger partial charge on any atom is 0.301 e. The standard InChI is InChI=1S/C28H23ClN2O6S/c1-14-5-7-15(8-6-14)24(32)22-23(16-11-19(35-2)26(37-4)20(12-16)36-3)31(27(34)25(22)33)28-30-18-10-9-17(29)13-21(18)38-28/h5-13,23,32H,1-4H3/b24-22+. The summed E-state index contributed by atoms with van der Waals surface area (Å²) >= 11 is 7.38. The third-order valence-corrected chi connectivity index (χ3v) is 7.57. The van der Waals surface area contributed by atoms with Gasteiger partial charge >= 0.3 is 5.91 Å². The van der Waals surface area contributed by atoms with Gasteiger partial charge in [-0.2, -0.15) is 0 Å². The van der Waals surface area contributed by atoms with Crippen LogP contribution in [0.5, 0.6) is 17.2 Å². The number of aryl methyl sites for hydroxylation is 1. The lowest BCUT2D eigenvalue weighted by molar-refractivity contribution is -0.132. The van der Waals surface area contributed by atoms with E-state index in [-0.39, 0.29) is 16.5 Å². The number of carbonyl (C=O) groups is 2. The van der Waals surface area contributed by atoms with Crippen LogP contribution in [0, 0.1) is 6.92 Å². The van der Waals surface area contributed by atoms with E-state index >= 15 is 0 Å². The number of rotatable bonds is 6. The summed E-state index contributed by atoms with van der Waals surface area (Å²) in [6.07, 6.45) is 0. The maximum absolute atomic E-state index is 13.6. The minimum Gasteiger partial charge on any atom is -0.507 e. The highest BCUT2D eigenvalue weighted by Crippen LogP contribution is 2.48. The summed E-state index contributed by atoms with van der Waals surface area (Å²) in [7, 11) is 4.43. The molecule has 2 heterocycles. The van der Waals surface area contributed by atoms with Crippen molar-refractivity contribution in [2.24, 2.45) is 0 Å². The van der Waals surface area contributed by atoms with Gasteiger partial charge in [0, 0.05) is 10.6 Å². The smallest absolute Gasteiger partial charge is 0.301 e. The molecule has 1 aromatic heterocycles. The molecule has 0 aliphatic carbocycles. The van der Waals surface area contributed by atoms with Crippen LogP contribution < -0.4 is 19.1 Å². The number of anilines is 1. The van der Waals surface area contributed by atoms with E-state index in [2.05, 4.69) is 4.98 Å². The van der Waals surface area contributed by atoms with Crippen LogP contribution in [0.4, 0.5) is 5.13 Å². The summed E-state index contributed by atoms with van der Waals surface area (Å²) in [6, 6.07) is 14.5. The van der Waals surface area contributed by atoms with Gasteiger partial charge < -0.3 is 19.3 Å². The highest BCUT2D eigenvalue weighted by Gasteiger charge is 2.48. The lowest BCUT2D eigenvalue weighted by Gasteiger charge is -2.24. The summed E-state index contributed by atoms with van der Waals surface area (Å²) in [5.74, 6) is -0.933. The van der Waals surface area contributed by atoms with Crippen molar-refractivity contribution in [2.75, 3.05) is 26.2 Å². The second kappa shape index (κ2) is 10.00. The molecular weight excluding hydrogens is 528 g/mol. The molecule has 0 radical (unpaired) electrons. The molecule has 1 saturated heterocycles. The molecule has 3 aromatic carbocycles. The molecule has 8 nitrogen and oxygen atoms in total. The van der Waals surface area contributed by atoms with Gasteiger partial charge in [0.2, 0.25) is 5.75 Å². The minimum atomic E-state index is -1.03. The Kier molecular flexibility index (Phi) is 6.73. The van der Waals surface area contributed by atoms with E-state index in [1.165, 1.54) is 37.6 Å². The lowest BCUT2D eigenvalue weighted by atomic mass is 9.94. The third kappa shape index (κ3) is 4.23. The van der Waals surface area contributed by atoms with Crippen LogP contribution in [-0.4, -0.2) is 43.1 Å². The van der Waals surface area contributed by atoms with Crippen molar-refractivity contribution < 1.29 is 28.9 Å². The van der Waals surface area contributed by atoms with Crippen LogP contribution in [0.3, 0.4) is 0 Å². The molecular formula is C28H23ClN2O6S. The van der Waals surface area contributed by atoms with Crippen LogP contribution in [0.2, 0.25) is 5.02 Å². The van der Waals surface area contributed by atoms with E-state index in [0.29, 0.717) is 38.9 Å². The number of Topliss-reactive ketones (excluding diaryl/α,β-unsaturated/α-hetero) is 1. The lowest BCUT2D eigenvalue weighted by Crippen LogP contribution is -2.29. The SMILES string of the molecule is COc1cc(C2/C(=C(\O)c3ccc(C)cc3)C(=O)C(=O)N2c2nc3ccc(Cl)cc3s2)cc(OC)c1OC. The van der Waals surface area contributed by atoms with Gasteiger partial charge in [-0.1, -0.05) is 52.8 Å². The van der Waals surface area contributed by atoms with E-state index < -0.39 is 17.7 Å². The van der Waals surface area contributed by atoms with Gasteiger partial charge in [0.25, 0.3) is 5.78 Å². The number of hydrogen-bond donors (Lipinski definition) is 1. The molecule has 194 valence electrons. The number of amides is 1. The van der Waals surface area contributed by atoms with Crippen LogP contribution in [0.25, 0.3) is 16.0 Å². The second-order valence-electron chi connectivity index (χ2n) is 8.60. The number of benzene rings is 3. The molecule has 0 bridgehead atoms. The molecule has 1 aliphatic heterocycles. The van der Waals surface area contributed by atoms with Crippen LogP contribution in [0.15, 0.2) is 60.2 Å². The van der Waals surface area contributed by atoms with Crippen LogP contribution in [0.1, 0.15) is 22.7 Å². The van der Waals surface area contributed by atoms with Gasteiger partial charge in [-0.3, -0.25) is 14.5 Å². The van der Waals surface area contributed by atoms with E-state index in [4.69, 9.17) is 25.8 Å². The number of ketones is 1. The Morgan fingerprint density at radius 2 is 1.63 bits per heavy atom. The number of thiazole rings is 1. The topological polar surface area (TPSA) is 98.2 Å². The number of methoxy groups -OCH3 is 3. The first-order valence-electron chi connectivity index (χ1n) is 11.5. The normalized spacial score (nSPS) is 16.8. The molecule has 1 unspecified atom stereocenters. The monoisotopic (exact) mass is 550 g/mol. The number of halogens is 1. The van der Waals surface area contributed by atoms with Crippen molar-refractivity contribution in [3.05, 3.63) is 81.9 Å². The van der Waals surface area contributed by atoms with Crippen molar-refractivity contribution in [1.29, 1.82) is 0 Å². The molecule has 4 aromatic rings. The number of hydrogen-bond acceptors (Lipinski definition) is 8. The summed E-state index contributed by atoms with van der Waals surface area (Å²) in [5.41, 5.74) is 2.40. The maximum atomic E-state index is 13.6. The van der Waals surface area contributed by atoms with Gasteiger partial charge in [0.1, 0.15) is 5.76 Å². The number of aliphatic hydroxyl groups is 1. The number of fused-ring (bicyclic) bond motifs is 1. The van der Waals surface area contributed by atoms with Crippen LogP contribution in [-0.2, 0) is 9.59 Å². The fourth-order valence-corrected chi connectivity index (χ4v) is 5.73. The number of carbonyl (C=O) groups excluding carboxylic acids is 2. The predicted octanol–water partition coefficient (Wildman–Crippen LogP) is 5.91. The van der Waals surface area contributed by atoms with Crippen molar-refractivity contribution in [1.82, 2.24) is 4.98 Å². The van der Waals surface area contributed by atoms with E-state index in [9.17, 15) is 14.7 Å². The van der Waals surface area contributed by atoms with Crippen molar-refractivity contribution in [2.45, 2.75) is 13.0 Å². The van der Waals surface area contributed by atoms with Gasteiger partial charge in [0.05, 0.1) is 43.2 Å². The third-order valence-electron chi connectivity index (χ3n) is 6.32. The molecule has 5 rings (SSSR count). The zero-order valence-corrected chi connectivity index (χ0v) is 22.5. The Balaban J connectivity index is 1.78. The zero-order valence-electron chi connectivity index (χ0n) is 20.9. The van der Waals surface area contributed by atoms with E-state index in [1.54, 1.807) is 42.5 Å². The second-order valence-corrected chi connectivity index (χ2v) is 10.0. The summed E-state index contributed by atoms with van der Waals surface area (Å²) in [6.45, 7) is 1.91. The Hall–Kier alpha value is -4.08. The average molecular weight is 551 g/mol. The Morgan fingerprint density at radius 1 is 0.974 bits per heavy atom. The predicted molar refractivity (Wildman–Crippen MR) is 147 cm³/mol. The Labute approximate surface area is 227 Å². The van der Waals surface area contributed by atoms with Crippen molar-refractivity contribution >= 4 is 55.7 Å². The minimum absolute atomic E-state index is 0.0783. The number of ether oxygens (including phenoxy) is 3. The molecule has 38 heavy (non-hydrogen) atoms. The fraction of sp³-hybridized carbons (Fsp3) is 0.179. The summed E-state index contributed by atoms with van der Waals surface area (Å²) in [5, 5.41) is 12.2. The molecule has 1 N–H and O–H groups in total. The molecule has 0 saturated carbocycles. The van der Waals surface area contributed by atoms with Gasteiger partial charge in [-0.15, -0.1) is 0 Å². The molecule has 10 heteroatoms. The quantitative estimate of drug-likeness (QED) is 0.181. The molecule has 1 fully saturated rings. The van der Waals surface area contributed by atoms with Gasteiger partial charge in [-0.25, -0.2) is 4.98 Å². The Bertz CT molecular complexity index is 1590. The molecule has 1 amide bonds. The highest BCUT2D eigenvalue weighted by atomic mass is 35.5. The first kappa shape index (κ1) is 25.6. The highest BCUT2D eigenvalue weighted by molar-refractivity contribution is 7.22. The van der Waals surface area contributed by atoms with Crippen molar-refractivity contribution in [3.8, 4) is 17.2 Å². The summed E-state index contributed by atoms with van der Waals surface area (Å²) < 4.78 is 17.3. The number of aliphatic hydroxyl groups excluding tert-OH is 1. The largest absolute Gasteiger partial charge is 0.507 e. The summed E-state index contributed by atoms with van der Waals surface area (Å²) in [4.78, 5) is 33.0. The first-order valence-corrected chi connectivity index (χ1v) is 12.7. The molecule has 1 aliphatic rings. The van der Waals surface area contributed by atoms with Crippen molar-refractivity contribution in [3.63, 3.8) is 0 Å². The van der Waals surface area contributed by atoms with Crippen LogP contribution >= 0.6 is 22.9 Å². The molecule has 1 atom stereocenters. The van der Waals surface area contributed by atoms with E-state index in [0.717, 1.165) is 10.3 Å². The number of nitrogens with zero attached hydrogens (tertiary/aromatic N) is 2. The Morgan fingerprint density at radius 3 is 2.24 bits per heavy atom. The van der Waals surface area contributed by atoms with Gasteiger partial charge in [0.15, 0.2) is 16.6 Å². The van der Waals surface area contributed by atoms with Gasteiger partial charge in [-0.05, 0) is 42.8 Å². The van der Waals surface area contributed by atoms with E-state index in [1.807, 2.05) is 19.1 Å². The average Bonchev–Trinajstić information content (AvgIpc) is 3.45. The fourth-order valence-electron chi connectivity index (χ4n) is 4.46.